The smallest absolute Gasteiger partial charge is 0.258 e. The molecule has 1 aliphatic rings. The first kappa shape index (κ1) is 16.1. The third-order valence-corrected chi connectivity index (χ3v) is 3.77. The van der Waals surface area contributed by atoms with Gasteiger partial charge < -0.3 is 19.9 Å². The Labute approximate surface area is 129 Å². The summed E-state index contributed by atoms with van der Waals surface area (Å²) in [4.78, 5) is 11.8. The lowest BCUT2D eigenvalue weighted by Gasteiger charge is -2.32. The number of amides is 1. The molecule has 21 heavy (non-hydrogen) atoms. The molecule has 1 amide bonds. The summed E-state index contributed by atoms with van der Waals surface area (Å²) in [6.45, 7) is 3.04. The molecule has 5 nitrogen and oxygen atoms in total. The number of hydrogen-bond donors (Lipinski definition) is 2. The van der Waals surface area contributed by atoms with Crippen LogP contribution in [-0.2, 0) is 9.53 Å². The average Bonchev–Trinajstić information content (AvgIpc) is 2.45. The summed E-state index contributed by atoms with van der Waals surface area (Å²) < 4.78 is 10.6. The standard InChI is InChI=1S/C15H20ClNO4/c1-11-8-12(16)2-3-13(11)21-9-14(18)17-10-15(19)4-6-20-7-5-15/h2-3,8,19H,4-7,9-10H2,1H3,(H,17,18). The van der Waals surface area contributed by atoms with E-state index in [1.165, 1.54) is 0 Å². The first-order chi connectivity index (χ1) is 9.98. The molecule has 0 spiro atoms. The lowest BCUT2D eigenvalue weighted by Crippen LogP contribution is -2.47. The van der Waals surface area contributed by atoms with E-state index in [4.69, 9.17) is 21.1 Å². The van der Waals surface area contributed by atoms with Crippen LogP contribution in [0.4, 0.5) is 0 Å². The lowest BCUT2D eigenvalue weighted by atomic mass is 9.94. The number of ether oxygens (including phenoxy) is 2. The van der Waals surface area contributed by atoms with Gasteiger partial charge in [0.15, 0.2) is 6.61 Å². The summed E-state index contributed by atoms with van der Waals surface area (Å²) in [6, 6.07) is 5.23. The van der Waals surface area contributed by atoms with Crippen molar-refractivity contribution in [3.63, 3.8) is 0 Å². The molecule has 0 unspecified atom stereocenters. The van der Waals surface area contributed by atoms with Crippen molar-refractivity contribution in [1.29, 1.82) is 0 Å². The Morgan fingerprint density at radius 2 is 2.19 bits per heavy atom. The molecule has 2 rings (SSSR count). The predicted octanol–water partition coefficient (Wildman–Crippen LogP) is 1.68. The molecule has 116 valence electrons. The predicted molar refractivity (Wildman–Crippen MR) is 79.7 cm³/mol. The number of hydrogen-bond acceptors (Lipinski definition) is 4. The first-order valence-electron chi connectivity index (χ1n) is 6.94. The Kier molecular flexibility index (Phi) is 5.45. The maximum Gasteiger partial charge on any atom is 0.258 e. The van der Waals surface area contributed by atoms with E-state index >= 15 is 0 Å². The van der Waals surface area contributed by atoms with Crippen molar-refractivity contribution < 1.29 is 19.4 Å². The first-order valence-corrected chi connectivity index (χ1v) is 7.32. The van der Waals surface area contributed by atoms with Crippen molar-refractivity contribution in [2.75, 3.05) is 26.4 Å². The summed E-state index contributed by atoms with van der Waals surface area (Å²) in [5.74, 6) is 0.364. The van der Waals surface area contributed by atoms with Crippen LogP contribution in [0.1, 0.15) is 18.4 Å². The summed E-state index contributed by atoms with van der Waals surface area (Å²) in [7, 11) is 0. The molecular weight excluding hydrogens is 294 g/mol. The minimum Gasteiger partial charge on any atom is -0.484 e. The fraction of sp³-hybridized carbons (Fsp3) is 0.533. The molecule has 0 aliphatic carbocycles. The molecule has 1 saturated heterocycles. The number of rotatable bonds is 5. The van der Waals surface area contributed by atoms with E-state index in [1.54, 1.807) is 18.2 Å². The van der Waals surface area contributed by atoms with Crippen LogP contribution in [0.5, 0.6) is 5.75 Å². The van der Waals surface area contributed by atoms with E-state index in [1.807, 2.05) is 6.92 Å². The average molecular weight is 314 g/mol. The highest BCUT2D eigenvalue weighted by atomic mass is 35.5. The fourth-order valence-corrected chi connectivity index (χ4v) is 2.39. The van der Waals surface area contributed by atoms with Gasteiger partial charge in [0, 0.05) is 37.6 Å². The molecule has 1 aromatic rings. The number of benzene rings is 1. The van der Waals surface area contributed by atoms with E-state index in [0.29, 0.717) is 36.8 Å². The van der Waals surface area contributed by atoms with Crippen LogP contribution in [0.2, 0.25) is 5.02 Å². The summed E-state index contributed by atoms with van der Waals surface area (Å²) in [5.41, 5.74) is 0.00255. The zero-order chi connectivity index (χ0) is 15.3. The Hall–Kier alpha value is -1.30. The van der Waals surface area contributed by atoms with E-state index < -0.39 is 5.60 Å². The summed E-state index contributed by atoms with van der Waals surface area (Å²) >= 11 is 5.86. The van der Waals surface area contributed by atoms with E-state index in [9.17, 15) is 9.90 Å². The fourth-order valence-electron chi connectivity index (χ4n) is 2.16. The SMILES string of the molecule is Cc1cc(Cl)ccc1OCC(=O)NCC1(O)CCOCC1. The van der Waals surface area contributed by atoms with Crippen LogP contribution in [0.25, 0.3) is 0 Å². The minimum absolute atomic E-state index is 0.0882. The zero-order valence-corrected chi connectivity index (χ0v) is 12.8. The monoisotopic (exact) mass is 313 g/mol. The van der Waals surface area contributed by atoms with Gasteiger partial charge in [-0.1, -0.05) is 11.6 Å². The van der Waals surface area contributed by atoms with Gasteiger partial charge in [0.25, 0.3) is 5.91 Å². The van der Waals surface area contributed by atoms with Gasteiger partial charge in [-0.15, -0.1) is 0 Å². The number of halogens is 1. The Morgan fingerprint density at radius 3 is 2.86 bits per heavy atom. The molecule has 0 radical (unpaired) electrons. The maximum absolute atomic E-state index is 11.8. The van der Waals surface area contributed by atoms with Crippen LogP contribution < -0.4 is 10.1 Å². The van der Waals surface area contributed by atoms with Crippen molar-refractivity contribution in [2.45, 2.75) is 25.4 Å². The van der Waals surface area contributed by atoms with Gasteiger partial charge in [-0.05, 0) is 30.7 Å². The minimum atomic E-state index is -0.871. The number of aliphatic hydroxyl groups is 1. The molecule has 1 aliphatic heterocycles. The van der Waals surface area contributed by atoms with Crippen LogP contribution in [-0.4, -0.2) is 43.0 Å². The normalized spacial score (nSPS) is 17.3. The van der Waals surface area contributed by atoms with E-state index in [2.05, 4.69) is 5.32 Å². The van der Waals surface area contributed by atoms with Crippen molar-refractivity contribution in [1.82, 2.24) is 5.32 Å². The molecule has 1 heterocycles. The quantitative estimate of drug-likeness (QED) is 0.868. The molecule has 6 heteroatoms. The highest BCUT2D eigenvalue weighted by molar-refractivity contribution is 6.30. The number of carbonyl (C=O) groups excluding carboxylic acids is 1. The molecular formula is C15H20ClNO4. The van der Waals surface area contributed by atoms with Gasteiger partial charge in [0.2, 0.25) is 0 Å². The molecule has 0 aromatic heterocycles. The molecule has 0 saturated carbocycles. The lowest BCUT2D eigenvalue weighted by molar-refractivity contribution is -0.125. The van der Waals surface area contributed by atoms with Gasteiger partial charge in [-0.2, -0.15) is 0 Å². The highest BCUT2D eigenvalue weighted by Gasteiger charge is 2.30. The summed E-state index contributed by atoms with van der Waals surface area (Å²) in [5, 5.41) is 13.6. The van der Waals surface area contributed by atoms with E-state index in [-0.39, 0.29) is 19.1 Å². The highest BCUT2D eigenvalue weighted by Crippen LogP contribution is 2.22. The number of aryl methyl sites for hydroxylation is 1. The van der Waals surface area contributed by atoms with Gasteiger partial charge in [-0.3, -0.25) is 4.79 Å². The van der Waals surface area contributed by atoms with Gasteiger partial charge >= 0.3 is 0 Å². The second-order valence-corrected chi connectivity index (χ2v) is 5.75. The third kappa shape index (κ3) is 4.88. The topological polar surface area (TPSA) is 67.8 Å². The van der Waals surface area contributed by atoms with Crippen molar-refractivity contribution in [3.8, 4) is 5.75 Å². The molecule has 0 bridgehead atoms. The largest absolute Gasteiger partial charge is 0.484 e. The van der Waals surface area contributed by atoms with Gasteiger partial charge in [0.1, 0.15) is 5.75 Å². The van der Waals surface area contributed by atoms with Crippen molar-refractivity contribution in [2.24, 2.45) is 0 Å². The molecule has 1 aromatic carbocycles. The Balaban J connectivity index is 1.77. The van der Waals surface area contributed by atoms with Gasteiger partial charge in [0.05, 0.1) is 5.60 Å². The molecule has 0 atom stereocenters. The molecule has 1 fully saturated rings. The van der Waals surface area contributed by atoms with E-state index in [0.717, 1.165) is 5.56 Å². The Bertz CT molecular complexity index is 500. The molecule has 2 N–H and O–H groups in total. The maximum atomic E-state index is 11.8. The Morgan fingerprint density at radius 1 is 1.48 bits per heavy atom. The van der Waals surface area contributed by atoms with Crippen molar-refractivity contribution >= 4 is 17.5 Å². The number of carbonyl (C=O) groups is 1. The second-order valence-electron chi connectivity index (χ2n) is 5.31. The second kappa shape index (κ2) is 7.11. The van der Waals surface area contributed by atoms with Gasteiger partial charge in [-0.25, -0.2) is 0 Å². The van der Waals surface area contributed by atoms with Crippen LogP contribution in [0, 0.1) is 6.92 Å². The number of nitrogens with one attached hydrogen (secondary N) is 1. The third-order valence-electron chi connectivity index (χ3n) is 3.53. The zero-order valence-electron chi connectivity index (χ0n) is 12.0. The van der Waals surface area contributed by atoms with Crippen LogP contribution >= 0.6 is 11.6 Å². The van der Waals surface area contributed by atoms with Crippen molar-refractivity contribution in [3.05, 3.63) is 28.8 Å². The summed E-state index contributed by atoms with van der Waals surface area (Å²) in [6.07, 6.45) is 1.06. The van der Waals surface area contributed by atoms with Crippen LogP contribution in [0.3, 0.4) is 0 Å². The van der Waals surface area contributed by atoms with Crippen LogP contribution in [0.15, 0.2) is 18.2 Å².